The number of nitrogens with zero attached hydrogens (tertiary/aromatic N) is 2. The summed E-state index contributed by atoms with van der Waals surface area (Å²) in [7, 11) is 0. The van der Waals surface area contributed by atoms with E-state index in [1.165, 1.54) is 30.6 Å². The molecular weight excluding hydrogens is 418 g/mol. The van der Waals surface area contributed by atoms with Gasteiger partial charge in [-0.2, -0.15) is 0 Å². The number of hydrogen-bond acceptors (Lipinski definition) is 5. The van der Waals surface area contributed by atoms with Gasteiger partial charge < -0.3 is 10.1 Å². The molecule has 0 aliphatic heterocycles. The Hall–Kier alpha value is -2.44. The molecule has 2 aromatic heterocycles. The van der Waals surface area contributed by atoms with Crippen molar-refractivity contribution in [2.24, 2.45) is 0 Å². The van der Waals surface area contributed by atoms with E-state index < -0.39 is 0 Å². The molecule has 4 rings (SSSR count). The van der Waals surface area contributed by atoms with E-state index in [9.17, 15) is 4.79 Å². The molecule has 30 heavy (non-hydrogen) atoms. The van der Waals surface area contributed by atoms with Gasteiger partial charge in [0, 0.05) is 28.4 Å². The summed E-state index contributed by atoms with van der Waals surface area (Å²) < 4.78 is 5.88. The molecule has 1 aliphatic rings. The average molecular weight is 442 g/mol. The van der Waals surface area contributed by atoms with Crippen LogP contribution >= 0.6 is 22.9 Å². The van der Waals surface area contributed by atoms with Crippen molar-refractivity contribution >= 4 is 28.8 Å². The topological polar surface area (TPSA) is 64.1 Å². The molecule has 3 aromatic rings. The zero-order chi connectivity index (χ0) is 20.8. The lowest BCUT2D eigenvalue weighted by Crippen LogP contribution is -2.28. The maximum Gasteiger partial charge on any atom is 0.258 e. The summed E-state index contributed by atoms with van der Waals surface area (Å²) in [6.45, 7) is 0.359. The molecule has 0 atom stereocenters. The number of carbonyl (C=O) groups is 1. The van der Waals surface area contributed by atoms with Crippen molar-refractivity contribution in [3.8, 4) is 17.0 Å². The number of rotatable bonds is 7. The fourth-order valence-corrected chi connectivity index (χ4v) is 4.72. The van der Waals surface area contributed by atoms with E-state index in [-0.39, 0.29) is 12.5 Å². The van der Waals surface area contributed by atoms with Gasteiger partial charge in [0.15, 0.2) is 6.61 Å². The lowest BCUT2D eigenvalue weighted by molar-refractivity contribution is -0.123. The van der Waals surface area contributed by atoms with Crippen molar-refractivity contribution in [3.63, 3.8) is 0 Å². The highest BCUT2D eigenvalue weighted by Gasteiger charge is 2.20. The van der Waals surface area contributed by atoms with Crippen LogP contribution in [0, 0.1) is 0 Å². The predicted molar refractivity (Wildman–Crippen MR) is 120 cm³/mol. The highest BCUT2D eigenvalue weighted by molar-refractivity contribution is 7.09. The molecule has 1 aliphatic carbocycles. The van der Waals surface area contributed by atoms with E-state index in [1.54, 1.807) is 12.4 Å². The zero-order valence-electron chi connectivity index (χ0n) is 16.6. The molecule has 0 spiro atoms. The Morgan fingerprint density at radius 2 is 1.97 bits per heavy atom. The number of benzene rings is 1. The summed E-state index contributed by atoms with van der Waals surface area (Å²) in [5, 5.41) is 6.43. The van der Waals surface area contributed by atoms with Gasteiger partial charge >= 0.3 is 0 Å². The maximum absolute atomic E-state index is 12.3. The summed E-state index contributed by atoms with van der Waals surface area (Å²) in [4.78, 5) is 20.9. The molecule has 5 nitrogen and oxygen atoms in total. The molecule has 0 unspecified atom stereocenters. The Bertz CT molecular complexity index is 987. The van der Waals surface area contributed by atoms with Crippen LogP contribution in [0.1, 0.15) is 48.6 Å². The minimum absolute atomic E-state index is 0.0239. The molecule has 1 N–H and O–H groups in total. The van der Waals surface area contributed by atoms with E-state index >= 15 is 0 Å². The normalized spacial score (nSPS) is 14.4. The first-order chi connectivity index (χ1) is 14.7. The third kappa shape index (κ3) is 5.37. The van der Waals surface area contributed by atoms with E-state index in [4.69, 9.17) is 16.3 Å². The van der Waals surface area contributed by atoms with Gasteiger partial charge in [-0.15, -0.1) is 11.3 Å². The van der Waals surface area contributed by atoms with Gasteiger partial charge in [-0.3, -0.25) is 9.78 Å². The van der Waals surface area contributed by atoms with Gasteiger partial charge in [-0.05, 0) is 54.7 Å². The molecule has 0 bridgehead atoms. The molecule has 0 saturated heterocycles. The van der Waals surface area contributed by atoms with Crippen molar-refractivity contribution in [3.05, 3.63) is 63.7 Å². The van der Waals surface area contributed by atoms with Crippen molar-refractivity contribution < 1.29 is 9.53 Å². The predicted octanol–water partition coefficient (Wildman–Crippen LogP) is 5.60. The summed E-state index contributed by atoms with van der Waals surface area (Å²) >= 11 is 7.74. The fourth-order valence-electron chi connectivity index (χ4n) is 3.80. The van der Waals surface area contributed by atoms with E-state index in [0.717, 1.165) is 40.4 Å². The molecule has 1 saturated carbocycles. The molecular formula is C23H24ClN3O2S. The van der Waals surface area contributed by atoms with Crippen molar-refractivity contribution in [1.82, 2.24) is 15.3 Å². The SMILES string of the molecule is O=C(COc1ccc(Cl)cc1C1CCCCC1)NCc1nc(-c2ccncc2)cs1. The number of halogens is 1. The van der Waals surface area contributed by atoms with Crippen LogP contribution in [-0.4, -0.2) is 22.5 Å². The second kappa shape index (κ2) is 10.0. The van der Waals surface area contributed by atoms with Crippen LogP contribution < -0.4 is 10.1 Å². The molecule has 156 valence electrons. The van der Waals surface area contributed by atoms with Crippen molar-refractivity contribution in [1.29, 1.82) is 0 Å². The molecule has 1 fully saturated rings. The highest BCUT2D eigenvalue weighted by atomic mass is 35.5. The van der Waals surface area contributed by atoms with Crippen LogP contribution in [0.15, 0.2) is 48.1 Å². The van der Waals surface area contributed by atoms with E-state index in [1.807, 2.05) is 35.7 Å². The molecule has 0 radical (unpaired) electrons. The minimum atomic E-state index is -0.166. The fraction of sp³-hybridized carbons (Fsp3) is 0.348. The van der Waals surface area contributed by atoms with Gasteiger partial charge in [0.05, 0.1) is 12.2 Å². The largest absolute Gasteiger partial charge is 0.483 e. The summed E-state index contributed by atoms with van der Waals surface area (Å²) in [5.41, 5.74) is 3.03. The van der Waals surface area contributed by atoms with Crippen molar-refractivity contribution in [2.45, 2.75) is 44.6 Å². The van der Waals surface area contributed by atoms with Crippen LogP contribution in [0.3, 0.4) is 0 Å². The van der Waals surface area contributed by atoms with Crippen molar-refractivity contribution in [2.75, 3.05) is 6.61 Å². The lowest BCUT2D eigenvalue weighted by atomic mass is 9.84. The van der Waals surface area contributed by atoms with Crippen LogP contribution in [0.25, 0.3) is 11.3 Å². The standard InChI is InChI=1S/C23H24ClN3O2S/c24-18-6-7-21(19(12-18)16-4-2-1-3-5-16)29-14-22(28)26-13-23-27-20(15-30-23)17-8-10-25-11-9-17/h6-12,15-16H,1-5,13-14H2,(H,26,28). The third-order valence-corrected chi connectivity index (χ3v) is 6.42. The maximum atomic E-state index is 12.3. The Balaban J connectivity index is 1.32. The van der Waals surface area contributed by atoms with E-state index in [0.29, 0.717) is 17.5 Å². The number of aromatic nitrogens is 2. The molecule has 1 aromatic carbocycles. The Kier molecular flexibility index (Phi) is 6.97. The minimum Gasteiger partial charge on any atom is -0.483 e. The van der Waals surface area contributed by atoms with Crippen LogP contribution in [0.4, 0.5) is 0 Å². The Labute approximate surface area is 185 Å². The number of hydrogen-bond donors (Lipinski definition) is 1. The first kappa shape index (κ1) is 20.8. The van der Waals surface area contributed by atoms with Gasteiger partial charge in [0.25, 0.3) is 5.91 Å². The molecule has 2 heterocycles. The summed E-state index contributed by atoms with van der Waals surface area (Å²) in [5.74, 6) is 1.05. The van der Waals surface area contributed by atoms with E-state index in [2.05, 4.69) is 15.3 Å². The van der Waals surface area contributed by atoms with Gasteiger partial charge in [0.2, 0.25) is 0 Å². The Morgan fingerprint density at radius 3 is 2.77 bits per heavy atom. The second-order valence-electron chi connectivity index (χ2n) is 7.44. The first-order valence-electron chi connectivity index (χ1n) is 10.2. The van der Waals surface area contributed by atoms with Crippen LogP contribution in [0.5, 0.6) is 5.75 Å². The third-order valence-electron chi connectivity index (χ3n) is 5.34. The number of thiazole rings is 1. The zero-order valence-corrected chi connectivity index (χ0v) is 18.2. The molecule has 1 amide bonds. The van der Waals surface area contributed by atoms with Crippen LogP contribution in [-0.2, 0) is 11.3 Å². The first-order valence-corrected chi connectivity index (χ1v) is 11.5. The highest BCUT2D eigenvalue weighted by Crippen LogP contribution is 2.38. The quantitative estimate of drug-likeness (QED) is 0.518. The number of ether oxygens (including phenoxy) is 1. The monoisotopic (exact) mass is 441 g/mol. The number of amides is 1. The number of pyridine rings is 1. The Morgan fingerprint density at radius 1 is 1.17 bits per heavy atom. The average Bonchev–Trinajstić information content (AvgIpc) is 3.27. The smallest absolute Gasteiger partial charge is 0.258 e. The summed E-state index contributed by atoms with van der Waals surface area (Å²) in [6.07, 6.45) is 9.52. The van der Waals surface area contributed by atoms with Crippen LogP contribution in [0.2, 0.25) is 5.02 Å². The van der Waals surface area contributed by atoms with Gasteiger partial charge in [-0.1, -0.05) is 30.9 Å². The van der Waals surface area contributed by atoms with Gasteiger partial charge in [0.1, 0.15) is 10.8 Å². The lowest BCUT2D eigenvalue weighted by Gasteiger charge is -2.24. The number of carbonyl (C=O) groups excluding carboxylic acids is 1. The number of nitrogens with one attached hydrogen (secondary N) is 1. The molecule has 7 heteroatoms. The second-order valence-corrected chi connectivity index (χ2v) is 8.82. The van der Waals surface area contributed by atoms with Gasteiger partial charge in [-0.25, -0.2) is 4.98 Å². The summed E-state index contributed by atoms with van der Waals surface area (Å²) in [6, 6.07) is 9.52.